The Labute approximate surface area is 108 Å². The van der Waals surface area contributed by atoms with Crippen molar-refractivity contribution < 1.29 is 9.90 Å². The molecule has 3 nitrogen and oxygen atoms in total. The number of aliphatic hydroxyl groups excluding tert-OH is 1. The third kappa shape index (κ3) is 2.79. The molecule has 1 heterocycles. The molecule has 0 radical (unpaired) electrons. The first-order valence-electron chi connectivity index (χ1n) is 6.57. The molecular formula is C15H21NO2. The summed E-state index contributed by atoms with van der Waals surface area (Å²) in [5.74, 6) is 0.160. The van der Waals surface area contributed by atoms with Crippen molar-refractivity contribution in [2.75, 3.05) is 19.7 Å². The van der Waals surface area contributed by atoms with E-state index in [-0.39, 0.29) is 18.4 Å². The van der Waals surface area contributed by atoms with Gasteiger partial charge in [-0.15, -0.1) is 0 Å². The van der Waals surface area contributed by atoms with Crippen LogP contribution in [0.25, 0.3) is 0 Å². The molecule has 1 aliphatic heterocycles. The molecule has 0 amide bonds. The monoisotopic (exact) mass is 247 g/mol. The summed E-state index contributed by atoms with van der Waals surface area (Å²) in [6.45, 7) is 5.51. The van der Waals surface area contributed by atoms with Crippen LogP contribution in [0.1, 0.15) is 34.3 Å². The minimum absolute atomic E-state index is 0.153. The van der Waals surface area contributed by atoms with Crippen LogP contribution < -0.4 is 0 Å². The number of rotatable bonds is 4. The molecule has 1 atom stereocenters. The highest BCUT2D eigenvalue weighted by Gasteiger charge is 2.26. The second kappa shape index (κ2) is 5.63. The highest BCUT2D eigenvalue weighted by atomic mass is 16.3. The van der Waals surface area contributed by atoms with Gasteiger partial charge in [-0.3, -0.25) is 9.69 Å². The fourth-order valence-electron chi connectivity index (χ4n) is 2.71. The SMILES string of the molecule is Cc1ccc(C(=O)CN2CCCC2CO)c(C)c1. The summed E-state index contributed by atoms with van der Waals surface area (Å²) in [6, 6.07) is 6.10. The number of carbonyl (C=O) groups is 1. The molecule has 1 aliphatic rings. The van der Waals surface area contributed by atoms with E-state index in [2.05, 4.69) is 4.90 Å². The van der Waals surface area contributed by atoms with Crippen LogP contribution in [0.15, 0.2) is 18.2 Å². The molecule has 1 aromatic rings. The maximum Gasteiger partial charge on any atom is 0.177 e. The van der Waals surface area contributed by atoms with E-state index in [1.807, 2.05) is 32.0 Å². The molecule has 0 aromatic heterocycles. The molecule has 1 saturated heterocycles. The molecule has 3 heteroatoms. The molecule has 1 unspecified atom stereocenters. The van der Waals surface area contributed by atoms with Crippen LogP contribution in [0.5, 0.6) is 0 Å². The fourth-order valence-corrected chi connectivity index (χ4v) is 2.71. The highest BCUT2D eigenvalue weighted by molar-refractivity contribution is 5.99. The van der Waals surface area contributed by atoms with Gasteiger partial charge in [-0.1, -0.05) is 23.8 Å². The number of hydrogen-bond donors (Lipinski definition) is 1. The number of likely N-dealkylation sites (tertiary alicyclic amines) is 1. The van der Waals surface area contributed by atoms with E-state index in [1.54, 1.807) is 0 Å². The van der Waals surface area contributed by atoms with Gasteiger partial charge >= 0.3 is 0 Å². The first-order chi connectivity index (χ1) is 8.61. The first kappa shape index (κ1) is 13.2. The predicted molar refractivity (Wildman–Crippen MR) is 71.9 cm³/mol. The van der Waals surface area contributed by atoms with Crippen LogP contribution >= 0.6 is 0 Å². The zero-order valence-electron chi connectivity index (χ0n) is 11.1. The summed E-state index contributed by atoms with van der Waals surface area (Å²) in [5, 5.41) is 9.26. The van der Waals surface area contributed by atoms with Gasteiger partial charge in [-0.2, -0.15) is 0 Å². The Morgan fingerprint density at radius 2 is 2.22 bits per heavy atom. The van der Waals surface area contributed by atoms with Crippen LogP contribution in [-0.4, -0.2) is 41.5 Å². The predicted octanol–water partition coefficient (Wildman–Crippen LogP) is 1.94. The Morgan fingerprint density at radius 1 is 1.44 bits per heavy atom. The van der Waals surface area contributed by atoms with Crippen molar-refractivity contribution in [3.8, 4) is 0 Å². The Balaban J connectivity index is 2.07. The Hall–Kier alpha value is -1.19. The molecule has 0 aliphatic carbocycles. The quantitative estimate of drug-likeness (QED) is 0.827. The first-order valence-corrected chi connectivity index (χ1v) is 6.57. The molecule has 1 aromatic carbocycles. The van der Waals surface area contributed by atoms with Gasteiger partial charge in [-0.25, -0.2) is 0 Å². The van der Waals surface area contributed by atoms with Gasteiger partial charge in [0, 0.05) is 11.6 Å². The Bertz CT molecular complexity index is 442. The average molecular weight is 247 g/mol. The minimum atomic E-state index is 0.153. The summed E-state index contributed by atoms with van der Waals surface area (Å²) in [6.07, 6.45) is 2.07. The molecule has 0 saturated carbocycles. The molecule has 1 fully saturated rings. The lowest BCUT2D eigenvalue weighted by Crippen LogP contribution is -2.36. The van der Waals surface area contributed by atoms with Crippen LogP contribution in [0.2, 0.25) is 0 Å². The molecule has 1 N–H and O–H groups in total. The van der Waals surface area contributed by atoms with Gasteiger partial charge in [-0.05, 0) is 38.8 Å². The van der Waals surface area contributed by atoms with Crippen molar-refractivity contribution in [3.05, 3.63) is 34.9 Å². The van der Waals surface area contributed by atoms with Crippen LogP contribution in [0.3, 0.4) is 0 Å². The molecule has 0 bridgehead atoms. The lowest BCUT2D eigenvalue weighted by atomic mass is 10.0. The number of hydrogen-bond acceptors (Lipinski definition) is 3. The minimum Gasteiger partial charge on any atom is -0.395 e. The Morgan fingerprint density at radius 3 is 2.89 bits per heavy atom. The van der Waals surface area contributed by atoms with Crippen molar-refractivity contribution in [1.82, 2.24) is 4.90 Å². The van der Waals surface area contributed by atoms with Gasteiger partial charge in [0.2, 0.25) is 0 Å². The van der Waals surface area contributed by atoms with E-state index in [0.717, 1.165) is 30.5 Å². The van der Waals surface area contributed by atoms with Crippen molar-refractivity contribution in [3.63, 3.8) is 0 Å². The van der Waals surface area contributed by atoms with E-state index in [1.165, 1.54) is 5.56 Å². The van der Waals surface area contributed by atoms with Crippen molar-refractivity contribution in [2.45, 2.75) is 32.7 Å². The summed E-state index contributed by atoms with van der Waals surface area (Å²) >= 11 is 0. The maximum atomic E-state index is 12.3. The largest absolute Gasteiger partial charge is 0.395 e. The molecule has 18 heavy (non-hydrogen) atoms. The van der Waals surface area contributed by atoms with Crippen LogP contribution in [0, 0.1) is 13.8 Å². The summed E-state index contributed by atoms with van der Waals surface area (Å²) < 4.78 is 0. The van der Waals surface area contributed by atoms with Gasteiger partial charge in [0.1, 0.15) is 0 Å². The number of nitrogens with zero attached hydrogens (tertiary/aromatic N) is 1. The third-order valence-electron chi connectivity index (χ3n) is 3.74. The zero-order valence-corrected chi connectivity index (χ0v) is 11.1. The van der Waals surface area contributed by atoms with E-state index in [4.69, 9.17) is 0 Å². The van der Waals surface area contributed by atoms with Crippen LogP contribution in [-0.2, 0) is 0 Å². The van der Waals surface area contributed by atoms with Gasteiger partial charge in [0.05, 0.1) is 13.2 Å². The molecule has 98 valence electrons. The number of aliphatic hydroxyl groups is 1. The zero-order chi connectivity index (χ0) is 13.1. The normalized spacial score (nSPS) is 20.3. The van der Waals surface area contributed by atoms with Gasteiger partial charge in [0.25, 0.3) is 0 Å². The van der Waals surface area contributed by atoms with Gasteiger partial charge < -0.3 is 5.11 Å². The summed E-state index contributed by atoms with van der Waals surface area (Å²) in [5.41, 5.74) is 3.03. The molecule has 2 rings (SSSR count). The van der Waals surface area contributed by atoms with Gasteiger partial charge in [0.15, 0.2) is 5.78 Å². The average Bonchev–Trinajstić information content (AvgIpc) is 2.76. The van der Waals surface area contributed by atoms with E-state index < -0.39 is 0 Å². The second-order valence-corrected chi connectivity index (χ2v) is 5.19. The summed E-state index contributed by atoms with van der Waals surface area (Å²) in [7, 11) is 0. The van der Waals surface area contributed by atoms with Crippen LogP contribution in [0.4, 0.5) is 0 Å². The smallest absolute Gasteiger partial charge is 0.177 e. The topological polar surface area (TPSA) is 40.5 Å². The summed E-state index contributed by atoms with van der Waals surface area (Å²) in [4.78, 5) is 14.4. The fraction of sp³-hybridized carbons (Fsp3) is 0.533. The Kier molecular flexibility index (Phi) is 4.15. The number of Topliss-reactive ketones (excluding diaryl/α,β-unsaturated/α-hetero) is 1. The number of carbonyl (C=O) groups excluding carboxylic acids is 1. The lowest BCUT2D eigenvalue weighted by molar-refractivity contribution is 0.0887. The van der Waals surface area contributed by atoms with Crippen molar-refractivity contribution in [2.24, 2.45) is 0 Å². The number of ketones is 1. The third-order valence-corrected chi connectivity index (χ3v) is 3.74. The number of aryl methyl sites for hydroxylation is 2. The number of benzene rings is 1. The van der Waals surface area contributed by atoms with Crippen molar-refractivity contribution >= 4 is 5.78 Å². The lowest BCUT2D eigenvalue weighted by Gasteiger charge is -2.22. The molecule has 0 spiro atoms. The van der Waals surface area contributed by atoms with E-state index in [9.17, 15) is 9.90 Å². The highest BCUT2D eigenvalue weighted by Crippen LogP contribution is 2.18. The standard InChI is InChI=1S/C15H21NO2/c1-11-5-6-14(12(2)8-11)15(18)9-16-7-3-4-13(16)10-17/h5-6,8,13,17H,3-4,7,9-10H2,1-2H3. The van der Waals surface area contributed by atoms with Crippen molar-refractivity contribution in [1.29, 1.82) is 0 Å². The van der Waals surface area contributed by atoms with E-state index in [0.29, 0.717) is 6.54 Å². The molecular weight excluding hydrogens is 226 g/mol. The van der Waals surface area contributed by atoms with E-state index >= 15 is 0 Å². The second-order valence-electron chi connectivity index (χ2n) is 5.19. The maximum absolute atomic E-state index is 12.3.